The molecule has 22 heavy (non-hydrogen) atoms. The van der Waals surface area contributed by atoms with Crippen LogP contribution in [-0.4, -0.2) is 43.9 Å². The Kier molecular flexibility index (Phi) is 4.27. The molecule has 1 aliphatic heterocycles. The lowest BCUT2D eigenvalue weighted by atomic mass is 10.1. The summed E-state index contributed by atoms with van der Waals surface area (Å²) in [7, 11) is 0. The van der Waals surface area contributed by atoms with E-state index in [4.69, 9.17) is 0 Å². The number of carbonyl (C=O) groups excluding carboxylic acids is 1. The SMILES string of the molecule is CCCc1cc(C(=O)N2CCCC(n3cc(C)cn3)C2)n[nH]1. The van der Waals surface area contributed by atoms with Gasteiger partial charge in [0.15, 0.2) is 0 Å². The van der Waals surface area contributed by atoms with Gasteiger partial charge < -0.3 is 4.90 Å². The van der Waals surface area contributed by atoms with Gasteiger partial charge in [-0.3, -0.25) is 14.6 Å². The molecule has 6 nitrogen and oxygen atoms in total. The molecular weight excluding hydrogens is 278 g/mol. The number of aromatic amines is 1. The summed E-state index contributed by atoms with van der Waals surface area (Å²) in [4.78, 5) is 14.5. The Hall–Kier alpha value is -2.11. The number of H-pyrrole nitrogens is 1. The van der Waals surface area contributed by atoms with Crippen molar-refractivity contribution in [2.24, 2.45) is 0 Å². The Labute approximate surface area is 130 Å². The molecule has 0 aromatic carbocycles. The van der Waals surface area contributed by atoms with Crippen molar-refractivity contribution < 1.29 is 4.79 Å². The average molecular weight is 301 g/mol. The lowest BCUT2D eigenvalue weighted by molar-refractivity contribution is 0.0667. The highest BCUT2D eigenvalue weighted by Gasteiger charge is 2.27. The van der Waals surface area contributed by atoms with Crippen LogP contribution in [0.1, 0.15) is 54.0 Å². The smallest absolute Gasteiger partial charge is 0.274 e. The molecule has 1 saturated heterocycles. The van der Waals surface area contributed by atoms with E-state index in [9.17, 15) is 4.79 Å². The van der Waals surface area contributed by atoms with Gasteiger partial charge in [0.05, 0.1) is 12.2 Å². The molecule has 0 spiro atoms. The predicted molar refractivity (Wildman–Crippen MR) is 83.7 cm³/mol. The molecule has 118 valence electrons. The van der Waals surface area contributed by atoms with Crippen LogP contribution in [0.25, 0.3) is 0 Å². The minimum atomic E-state index is 0.0205. The van der Waals surface area contributed by atoms with Gasteiger partial charge in [-0.05, 0) is 37.8 Å². The maximum absolute atomic E-state index is 12.6. The van der Waals surface area contributed by atoms with Crippen LogP contribution in [0, 0.1) is 6.92 Å². The number of piperidine rings is 1. The highest BCUT2D eigenvalue weighted by molar-refractivity contribution is 5.92. The first-order valence-corrected chi connectivity index (χ1v) is 8.01. The minimum Gasteiger partial charge on any atom is -0.335 e. The fraction of sp³-hybridized carbons (Fsp3) is 0.562. The van der Waals surface area contributed by atoms with Gasteiger partial charge in [-0.15, -0.1) is 0 Å². The number of aryl methyl sites for hydroxylation is 2. The number of amides is 1. The summed E-state index contributed by atoms with van der Waals surface area (Å²) in [5.74, 6) is 0.0205. The quantitative estimate of drug-likeness (QED) is 0.942. The molecule has 2 aromatic rings. The van der Waals surface area contributed by atoms with Crippen LogP contribution in [0.4, 0.5) is 0 Å². The van der Waals surface area contributed by atoms with Crippen LogP contribution < -0.4 is 0 Å². The summed E-state index contributed by atoms with van der Waals surface area (Å²) in [5, 5.41) is 11.5. The maximum atomic E-state index is 12.6. The first kappa shape index (κ1) is 14.8. The summed E-state index contributed by atoms with van der Waals surface area (Å²) < 4.78 is 1.99. The van der Waals surface area contributed by atoms with E-state index in [-0.39, 0.29) is 11.9 Å². The van der Waals surface area contributed by atoms with E-state index in [1.54, 1.807) is 0 Å². The largest absolute Gasteiger partial charge is 0.335 e. The first-order valence-electron chi connectivity index (χ1n) is 8.01. The third kappa shape index (κ3) is 3.05. The summed E-state index contributed by atoms with van der Waals surface area (Å²) in [6.45, 7) is 5.65. The van der Waals surface area contributed by atoms with Gasteiger partial charge in [0.1, 0.15) is 5.69 Å². The Morgan fingerprint density at radius 2 is 2.36 bits per heavy atom. The Bertz CT molecular complexity index is 645. The highest BCUT2D eigenvalue weighted by atomic mass is 16.2. The van der Waals surface area contributed by atoms with E-state index in [2.05, 4.69) is 22.2 Å². The number of nitrogens with one attached hydrogen (secondary N) is 1. The van der Waals surface area contributed by atoms with Crippen molar-refractivity contribution in [2.45, 2.75) is 45.6 Å². The second-order valence-corrected chi connectivity index (χ2v) is 6.07. The third-order valence-corrected chi connectivity index (χ3v) is 4.16. The lowest BCUT2D eigenvalue weighted by Crippen LogP contribution is -2.41. The molecule has 6 heteroatoms. The van der Waals surface area contributed by atoms with Crippen molar-refractivity contribution in [2.75, 3.05) is 13.1 Å². The number of likely N-dealkylation sites (tertiary alicyclic amines) is 1. The van der Waals surface area contributed by atoms with Crippen molar-refractivity contribution in [1.82, 2.24) is 24.9 Å². The molecule has 1 unspecified atom stereocenters. The zero-order valence-corrected chi connectivity index (χ0v) is 13.2. The van der Waals surface area contributed by atoms with Crippen LogP contribution in [-0.2, 0) is 6.42 Å². The molecular formula is C16H23N5O. The molecule has 3 heterocycles. The van der Waals surface area contributed by atoms with Gasteiger partial charge in [-0.1, -0.05) is 13.3 Å². The number of aromatic nitrogens is 4. The lowest BCUT2D eigenvalue weighted by Gasteiger charge is -2.32. The summed E-state index contributed by atoms with van der Waals surface area (Å²) in [6, 6.07) is 2.15. The van der Waals surface area contributed by atoms with Crippen molar-refractivity contribution in [1.29, 1.82) is 0 Å². The molecule has 1 aliphatic rings. The average Bonchev–Trinajstić information content (AvgIpc) is 3.16. The number of hydrogen-bond donors (Lipinski definition) is 1. The maximum Gasteiger partial charge on any atom is 0.274 e. The van der Waals surface area contributed by atoms with Crippen molar-refractivity contribution in [3.8, 4) is 0 Å². The highest BCUT2D eigenvalue weighted by Crippen LogP contribution is 2.22. The second-order valence-electron chi connectivity index (χ2n) is 6.07. The van der Waals surface area contributed by atoms with Crippen molar-refractivity contribution in [3.63, 3.8) is 0 Å². The van der Waals surface area contributed by atoms with Crippen LogP contribution in [0.15, 0.2) is 18.5 Å². The van der Waals surface area contributed by atoms with E-state index in [1.807, 2.05) is 35.0 Å². The fourth-order valence-corrected chi connectivity index (χ4v) is 3.02. The molecule has 0 aliphatic carbocycles. The standard InChI is InChI=1S/C16H23N5O/c1-3-5-13-8-15(19-18-13)16(22)20-7-4-6-14(11-20)21-10-12(2)9-17-21/h8-10,14H,3-7,11H2,1-2H3,(H,18,19). The van der Waals surface area contributed by atoms with Crippen LogP contribution in [0.3, 0.4) is 0 Å². The van der Waals surface area contributed by atoms with Crippen molar-refractivity contribution in [3.05, 3.63) is 35.4 Å². The molecule has 1 atom stereocenters. The molecule has 0 saturated carbocycles. The summed E-state index contributed by atoms with van der Waals surface area (Å²) in [6.07, 6.45) is 7.95. The van der Waals surface area contributed by atoms with Gasteiger partial charge in [-0.2, -0.15) is 10.2 Å². The normalized spacial score (nSPS) is 18.6. The zero-order valence-electron chi connectivity index (χ0n) is 13.2. The molecule has 1 amide bonds. The third-order valence-electron chi connectivity index (χ3n) is 4.16. The summed E-state index contributed by atoms with van der Waals surface area (Å²) in [5.41, 5.74) is 2.71. The predicted octanol–water partition coefficient (Wildman–Crippen LogP) is 2.34. The van der Waals surface area contributed by atoms with Crippen LogP contribution >= 0.6 is 0 Å². The van der Waals surface area contributed by atoms with E-state index >= 15 is 0 Å². The fourth-order valence-electron chi connectivity index (χ4n) is 3.02. The van der Waals surface area contributed by atoms with E-state index < -0.39 is 0 Å². The molecule has 2 aromatic heterocycles. The van der Waals surface area contributed by atoms with Crippen LogP contribution in [0.5, 0.6) is 0 Å². The Morgan fingerprint density at radius 1 is 1.50 bits per heavy atom. The Balaban J connectivity index is 1.69. The summed E-state index contributed by atoms with van der Waals surface area (Å²) >= 11 is 0. The van der Waals surface area contributed by atoms with E-state index in [0.717, 1.165) is 43.5 Å². The molecule has 3 rings (SSSR count). The monoisotopic (exact) mass is 301 g/mol. The second kappa shape index (κ2) is 6.34. The van der Waals surface area contributed by atoms with E-state index in [1.165, 1.54) is 0 Å². The van der Waals surface area contributed by atoms with Gasteiger partial charge in [0.2, 0.25) is 0 Å². The van der Waals surface area contributed by atoms with E-state index in [0.29, 0.717) is 12.2 Å². The molecule has 1 N–H and O–H groups in total. The van der Waals surface area contributed by atoms with Gasteiger partial charge >= 0.3 is 0 Å². The molecule has 0 bridgehead atoms. The van der Waals surface area contributed by atoms with Gasteiger partial charge in [-0.25, -0.2) is 0 Å². The Morgan fingerprint density at radius 3 is 3.09 bits per heavy atom. The first-order chi connectivity index (χ1) is 10.7. The number of nitrogens with zero attached hydrogens (tertiary/aromatic N) is 4. The number of rotatable bonds is 4. The van der Waals surface area contributed by atoms with Gasteiger partial charge in [0, 0.05) is 25.0 Å². The topological polar surface area (TPSA) is 66.8 Å². The molecule has 0 radical (unpaired) electrons. The molecule has 1 fully saturated rings. The zero-order chi connectivity index (χ0) is 15.5. The van der Waals surface area contributed by atoms with Crippen LogP contribution in [0.2, 0.25) is 0 Å². The number of carbonyl (C=O) groups is 1. The number of hydrogen-bond acceptors (Lipinski definition) is 3. The van der Waals surface area contributed by atoms with Gasteiger partial charge in [0.25, 0.3) is 5.91 Å². The minimum absolute atomic E-state index is 0.0205. The van der Waals surface area contributed by atoms with Crippen molar-refractivity contribution >= 4 is 5.91 Å².